The molecule has 0 amide bonds. The average molecular weight is 219 g/mol. The summed E-state index contributed by atoms with van der Waals surface area (Å²) >= 11 is 0. The average Bonchev–Trinajstić information content (AvgIpc) is 2.18. The number of hydrogen-bond acceptors (Lipinski definition) is 1. The molecule has 1 nitrogen and oxygen atoms in total. The number of halogens is 3. The number of alkyl halides is 3. The van der Waals surface area contributed by atoms with Crippen LogP contribution >= 0.6 is 0 Å². The Balaban J connectivity index is 0.000000583. The second kappa shape index (κ2) is 6.45. The Morgan fingerprint density at radius 3 is 1.73 bits per heavy atom. The normalized spacial score (nSPS) is 10.5. The Hall–Kier alpha value is -1.03. The molecule has 0 fully saturated rings. The van der Waals surface area contributed by atoms with Gasteiger partial charge in [-0.1, -0.05) is 32.4 Å². The molecule has 0 aliphatic heterocycles. The van der Waals surface area contributed by atoms with Gasteiger partial charge >= 0.3 is 6.18 Å². The zero-order valence-corrected chi connectivity index (χ0v) is 8.93. The van der Waals surface area contributed by atoms with Crippen molar-refractivity contribution in [2.45, 2.75) is 33.0 Å². The van der Waals surface area contributed by atoms with Crippen LogP contribution in [0.4, 0.5) is 13.2 Å². The van der Waals surface area contributed by atoms with Gasteiger partial charge in [-0.3, -0.25) is 0 Å². The van der Waals surface area contributed by atoms with Crippen molar-refractivity contribution in [2.24, 2.45) is 5.73 Å². The van der Waals surface area contributed by atoms with Crippen molar-refractivity contribution in [3.8, 4) is 0 Å². The largest absolute Gasteiger partial charge is 0.416 e. The van der Waals surface area contributed by atoms with E-state index in [1.165, 1.54) is 18.6 Å². The highest BCUT2D eigenvalue weighted by Gasteiger charge is 2.29. The molecule has 0 unspecified atom stereocenters. The van der Waals surface area contributed by atoms with Crippen LogP contribution in [-0.2, 0) is 12.7 Å². The summed E-state index contributed by atoms with van der Waals surface area (Å²) in [6, 6.07) is 4.82. The fraction of sp³-hybridized carbons (Fsp3) is 0.455. The summed E-state index contributed by atoms with van der Waals surface area (Å²) in [5.41, 5.74) is 5.29. The molecular formula is C11H16F3N. The van der Waals surface area contributed by atoms with E-state index in [0.717, 1.165) is 12.1 Å². The fourth-order valence-corrected chi connectivity index (χ4v) is 0.830. The van der Waals surface area contributed by atoms with Gasteiger partial charge < -0.3 is 5.73 Å². The molecule has 0 aromatic heterocycles. The molecular weight excluding hydrogens is 203 g/mol. The molecule has 0 saturated heterocycles. The van der Waals surface area contributed by atoms with E-state index < -0.39 is 11.7 Å². The first-order chi connectivity index (χ1) is 6.95. The maximum Gasteiger partial charge on any atom is 0.416 e. The molecule has 1 rings (SSSR count). The molecule has 4 heteroatoms. The van der Waals surface area contributed by atoms with E-state index in [1.807, 2.05) is 0 Å². The van der Waals surface area contributed by atoms with Gasteiger partial charge in [-0.05, 0) is 17.7 Å². The van der Waals surface area contributed by atoms with Crippen molar-refractivity contribution < 1.29 is 13.2 Å². The third-order valence-electron chi connectivity index (χ3n) is 1.52. The standard InChI is InChI=1S/C8H8F3N.C3H8/c9-8(10,11)7-3-1-6(5-12)2-4-7;1-3-2/h1-4H,5,12H2;3H2,1-2H3. The maximum absolute atomic E-state index is 12.0. The SMILES string of the molecule is CCC.NCc1ccc(C(F)(F)F)cc1. The van der Waals surface area contributed by atoms with Crippen LogP contribution in [-0.4, -0.2) is 0 Å². The summed E-state index contributed by atoms with van der Waals surface area (Å²) < 4.78 is 36.0. The molecule has 0 atom stereocenters. The Morgan fingerprint density at radius 2 is 1.47 bits per heavy atom. The van der Waals surface area contributed by atoms with E-state index in [-0.39, 0.29) is 6.54 Å². The zero-order chi connectivity index (χ0) is 11.9. The van der Waals surface area contributed by atoms with Crippen LogP contribution in [0.5, 0.6) is 0 Å². The minimum atomic E-state index is -4.26. The molecule has 15 heavy (non-hydrogen) atoms. The summed E-state index contributed by atoms with van der Waals surface area (Å²) in [5, 5.41) is 0. The first-order valence-corrected chi connectivity index (χ1v) is 4.81. The predicted molar refractivity (Wildman–Crippen MR) is 55.3 cm³/mol. The molecule has 2 N–H and O–H groups in total. The molecule has 0 aliphatic rings. The minimum Gasteiger partial charge on any atom is -0.326 e. The molecule has 0 saturated carbocycles. The second-order valence-corrected chi connectivity index (χ2v) is 3.11. The topological polar surface area (TPSA) is 26.0 Å². The number of nitrogens with two attached hydrogens (primary N) is 1. The second-order valence-electron chi connectivity index (χ2n) is 3.11. The van der Waals surface area contributed by atoms with Crippen LogP contribution in [0.1, 0.15) is 31.4 Å². The molecule has 1 aromatic rings. The Labute approximate surface area is 88.1 Å². The van der Waals surface area contributed by atoms with Gasteiger partial charge in [0.1, 0.15) is 0 Å². The van der Waals surface area contributed by atoms with Crippen LogP contribution in [0.25, 0.3) is 0 Å². The smallest absolute Gasteiger partial charge is 0.326 e. The summed E-state index contributed by atoms with van der Waals surface area (Å²) in [6.45, 7) is 4.51. The van der Waals surface area contributed by atoms with Crippen LogP contribution < -0.4 is 5.73 Å². The zero-order valence-electron chi connectivity index (χ0n) is 8.93. The van der Waals surface area contributed by atoms with E-state index in [1.54, 1.807) is 0 Å². The Bertz CT molecular complexity index is 264. The van der Waals surface area contributed by atoms with Crippen molar-refractivity contribution in [2.75, 3.05) is 0 Å². The number of rotatable bonds is 1. The first kappa shape index (κ1) is 14.0. The lowest BCUT2D eigenvalue weighted by Crippen LogP contribution is -2.05. The molecule has 1 aromatic carbocycles. The number of hydrogen-bond donors (Lipinski definition) is 1. The molecule has 0 radical (unpaired) electrons. The predicted octanol–water partition coefficient (Wildman–Crippen LogP) is 3.58. The summed E-state index contributed by atoms with van der Waals surface area (Å²) in [7, 11) is 0. The lowest BCUT2D eigenvalue weighted by Gasteiger charge is -2.06. The molecule has 0 heterocycles. The summed E-state index contributed by atoms with van der Waals surface area (Å²) in [5.74, 6) is 0. The van der Waals surface area contributed by atoms with Crippen molar-refractivity contribution in [3.63, 3.8) is 0 Å². The van der Waals surface area contributed by atoms with E-state index in [4.69, 9.17) is 5.73 Å². The van der Waals surface area contributed by atoms with E-state index in [9.17, 15) is 13.2 Å². The molecule has 0 spiro atoms. The van der Waals surface area contributed by atoms with Crippen molar-refractivity contribution in [3.05, 3.63) is 35.4 Å². The lowest BCUT2D eigenvalue weighted by molar-refractivity contribution is -0.137. The van der Waals surface area contributed by atoms with Crippen LogP contribution in [0, 0.1) is 0 Å². The van der Waals surface area contributed by atoms with E-state index in [0.29, 0.717) is 5.56 Å². The van der Waals surface area contributed by atoms with Gasteiger partial charge in [0.25, 0.3) is 0 Å². The quantitative estimate of drug-likeness (QED) is 0.767. The van der Waals surface area contributed by atoms with Crippen molar-refractivity contribution in [1.82, 2.24) is 0 Å². The van der Waals surface area contributed by atoms with E-state index in [2.05, 4.69) is 13.8 Å². The van der Waals surface area contributed by atoms with Crippen LogP contribution in [0.15, 0.2) is 24.3 Å². The molecule has 0 aliphatic carbocycles. The highest BCUT2D eigenvalue weighted by atomic mass is 19.4. The van der Waals surface area contributed by atoms with Gasteiger partial charge in [0.2, 0.25) is 0 Å². The van der Waals surface area contributed by atoms with Crippen LogP contribution in [0.3, 0.4) is 0 Å². The number of benzene rings is 1. The molecule has 0 bridgehead atoms. The summed E-state index contributed by atoms with van der Waals surface area (Å²) in [4.78, 5) is 0. The van der Waals surface area contributed by atoms with Gasteiger partial charge in [0.05, 0.1) is 5.56 Å². The van der Waals surface area contributed by atoms with Crippen LogP contribution in [0.2, 0.25) is 0 Å². The fourth-order valence-electron chi connectivity index (χ4n) is 0.830. The monoisotopic (exact) mass is 219 g/mol. The Kier molecular flexibility index (Phi) is 6.01. The highest BCUT2D eigenvalue weighted by molar-refractivity contribution is 5.24. The summed E-state index contributed by atoms with van der Waals surface area (Å²) in [6.07, 6.45) is -3.01. The first-order valence-electron chi connectivity index (χ1n) is 4.81. The molecule has 86 valence electrons. The van der Waals surface area contributed by atoms with Gasteiger partial charge in [-0.15, -0.1) is 0 Å². The van der Waals surface area contributed by atoms with Crippen molar-refractivity contribution >= 4 is 0 Å². The Morgan fingerprint density at radius 1 is 1.07 bits per heavy atom. The van der Waals surface area contributed by atoms with Gasteiger partial charge in [0.15, 0.2) is 0 Å². The van der Waals surface area contributed by atoms with Gasteiger partial charge in [0, 0.05) is 6.54 Å². The van der Waals surface area contributed by atoms with Gasteiger partial charge in [-0.25, -0.2) is 0 Å². The third-order valence-corrected chi connectivity index (χ3v) is 1.52. The minimum absolute atomic E-state index is 0.262. The highest BCUT2D eigenvalue weighted by Crippen LogP contribution is 2.28. The van der Waals surface area contributed by atoms with E-state index >= 15 is 0 Å². The maximum atomic E-state index is 12.0. The third kappa shape index (κ3) is 5.42. The van der Waals surface area contributed by atoms with Crippen molar-refractivity contribution in [1.29, 1.82) is 0 Å². The van der Waals surface area contributed by atoms with Gasteiger partial charge in [-0.2, -0.15) is 13.2 Å². The lowest BCUT2D eigenvalue weighted by atomic mass is 10.1.